The molecule has 178 valence electrons. The minimum absolute atomic E-state index is 0.161. The van der Waals surface area contributed by atoms with Crippen LogP contribution in [0.2, 0.25) is 0 Å². The summed E-state index contributed by atoms with van der Waals surface area (Å²) in [7, 11) is 1.59. The van der Waals surface area contributed by atoms with Crippen LogP contribution in [0.1, 0.15) is 16.7 Å². The smallest absolute Gasteiger partial charge is 0.270 e. The predicted octanol–water partition coefficient (Wildman–Crippen LogP) is 5.74. The number of nitrogens with one attached hydrogen (secondary N) is 1. The molecule has 2 amide bonds. The van der Waals surface area contributed by atoms with Gasteiger partial charge in [0.05, 0.1) is 17.7 Å². The number of nitrogens with zero attached hydrogens (tertiary/aromatic N) is 1. The number of hydrogen-bond acceptors (Lipinski definition) is 6. The third-order valence-corrected chi connectivity index (χ3v) is 6.74. The molecule has 4 rings (SSSR count). The van der Waals surface area contributed by atoms with Gasteiger partial charge in [0.2, 0.25) is 0 Å². The van der Waals surface area contributed by atoms with Gasteiger partial charge in [-0.15, -0.1) is 0 Å². The normalized spacial score (nSPS) is 14.4. The topological polar surface area (TPSA) is 67.9 Å². The molecule has 1 fully saturated rings. The van der Waals surface area contributed by atoms with Crippen molar-refractivity contribution in [3.8, 4) is 11.5 Å². The monoisotopic (exact) mass is 504 g/mol. The Morgan fingerprint density at radius 1 is 1.03 bits per heavy atom. The van der Waals surface area contributed by atoms with Crippen molar-refractivity contribution in [2.24, 2.45) is 0 Å². The van der Waals surface area contributed by atoms with Crippen LogP contribution in [0.5, 0.6) is 11.5 Å². The van der Waals surface area contributed by atoms with E-state index in [2.05, 4.69) is 5.32 Å². The number of aryl methyl sites for hydroxylation is 2. The molecule has 3 aromatic carbocycles. The minimum atomic E-state index is -0.261. The number of thiocarbonyl (C=S) groups is 1. The van der Waals surface area contributed by atoms with E-state index < -0.39 is 0 Å². The molecule has 0 aliphatic carbocycles. The number of ether oxygens (including phenoxy) is 2. The summed E-state index contributed by atoms with van der Waals surface area (Å²) in [5.41, 5.74) is 4.11. The molecule has 8 heteroatoms. The lowest BCUT2D eigenvalue weighted by Crippen LogP contribution is -2.27. The van der Waals surface area contributed by atoms with Gasteiger partial charge in [0.1, 0.15) is 11.5 Å². The Balaban J connectivity index is 1.48. The van der Waals surface area contributed by atoms with Crippen molar-refractivity contribution in [2.45, 2.75) is 13.8 Å². The van der Waals surface area contributed by atoms with Crippen molar-refractivity contribution in [2.75, 3.05) is 23.9 Å². The Hall–Kier alpha value is -3.62. The van der Waals surface area contributed by atoms with Gasteiger partial charge >= 0.3 is 0 Å². The highest BCUT2D eigenvalue weighted by molar-refractivity contribution is 8.27. The Bertz CT molecular complexity index is 1300. The summed E-state index contributed by atoms with van der Waals surface area (Å²) in [5.74, 6) is 0.720. The number of anilines is 2. The standard InChI is InChI=1S/C27H24N2O4S2/c1-17-7-6-8-18(2)25(17)28-24(30)16-33-22-10-5-4-9-19(22)15-23-26(31)29(27(34)35-23)20-11-13-21(32-3)14-12-20/h4-15H,16H2,1-3H3,(H,28,30)/b23-15-. The van der Waals surface area contributed by atoms with E-state index in [4.69, 9.17) is 21.7 Å². The zero-order valence-corrected chi connectivity index (χ0v) is 21.2. The highest BCUT2D eigenvalue weighted by atomic mass is 32.2. The van der Waals surface area contributed by atoms with Gasteiger partial charge in [-0.25, -0.2) is 0 Å². The Morgan fingerprint density at radius 2 is 1.71 bits per heavy atom. The number of thioether (sulfide) groups is 1. The SMILES string of the molecule is COc1ccc(N2C(=O)/C(=C/c3ccccc3OCC(=O)Nc3c(C)cccc3C)SC2=S)cc1. The quantitative estimate of drug-likeness (QED) is 0.327. The van der Waals surface area contributed by atoms with Crippen LogP contribution in [0, 0.1) is 13.8 Å². The van der Waals surface area contributed by atoms with Gasteiger partial charge in [0, 0.05) is 11.3 Å². The summed E-state index contributed by atoms with van der Waals surface area (Å²) < 4.78 is 11.5. The van der Waals surface area contributed by atoms with E-state index in [-0.39, 0.29) is 18.4 Å². The number of methoxy groups -OCH3 is 1. The predicted molar refractivity (Wildman–Crippen MR) is 145 cm³/mol. The zero-order valence-electron chi connectivity index (χ0n) is 19.5. The van der Waals surface area contributed by atoms with Crippen molar-refractivity contribution in [3.05, 3.63) is 88.3 Å². The average molecular weight is 505 g/mol. The Labute approximate surface area is 213 Å². The van der Waals surface area contributed by atoms with Crippen molar-refractivity contribution >= 4 is 57.6 Å². The van der Waals surface area contributed by atoms with Crippen LogP contribution in [0.25, 0.3) is 6.08 Å². The van der Waals surface area contributed by atoms with Crippen LogP contribution < -0.4 is 19.7 Å². The molecular weight excluding hydrogens is 480 g/mol. The number of benzene rings is 3. The van der Waals surface area contributed by atoms with Crippen molar-refractivity contribution in [3.63, 3.8) is 0 Å². The van der Waals surface area contributed by atoms with Crippen molar-refractivity contribution in [1.29, 1.82) is 0 Å². The van der Waals surface area contributed by atoms with E-state index in [1.165, 1.54) is 16.7 Å². The second-order valence-electron chi connectivity index (χ2n) is 7.86. The molecule has 1 aliphatic heterocycles. The van der Waals surface area contributed by atoms with Gasteiger partial charge in [-0.3, -0.25) is 14.5 Å². The van der Waals surface area contributed by atoms with Crippen LogP contribution in [0.3, 0.4) is 0 Å². The summed E-state index contributed by atoms with van der Waals surface area (Å²) in [6.07, 6.45) is 1.74. The Kier molecular flexibility index (Phi) is 7.53. The van der Waals surface area contributed by atoms with Crippen molar-refractivity contribution < 1.29 is 19.1 Å². The molecule has 1 aliphatic rings. The van der Waals surface area contributed by atoms with E-state index in [9.17, 15) is 9.59 Å². The summed E-state index contributed by atoms with van der Waals surface area (Å²) in [5, 5.41) is 2.92. The summed E-state index contributed by atoms with van der Waals surface area (Å²) in [6, 6.07) is 20.2. The maximum Gasteiger partial charge on any atom is 0.270 e. The molecule has 1 heterocycles. The van der Waals surface area contributed by atoms with Crippen LogP contribution in [0.4, 0.5) is 11.4 Å². The highest BCUT2D eigenvalue weighted by Crippen LogP contribution is 2.37. The fraction of sp³-hybridized carbons (Fsp3) is 0.148. The second-order valence-corrected chi connectivity index (χ2v) is 9.53. The molecule has 0 saturated carbocycles. The molecule has 0 spiro atoms. The maximum atomic E-state index is 13.1. The van der Waals surface area contributed by atoms with Gasteiger partial charge < -0.3 is 14.8 Å². The van der Waals surface area contributed by atoms with Gasteiger partial charge in [-0.05, 0) is 61.4 Å². The van der Waals surface area contributed by atoms with E-state index in [1.807, 2.05) is 50.2 Å². The largest absolute Gasteiger partial charge is 0.497 e. The Morgan fingerprint density at radius 3 is 2.40 bits per heavy atom. The van der Waals surface area contributed by atoms with Gasteiger partial charge in [-0.2, -0.15) is 0 Å². The number of rotatable bonds is 7. The third kappa shape index (κ3) is 5.55. The summed E-state index contributed by atoms with van der Waals surface area (Å²) >= 11 is 6.69. The van der Waals surface area contributed by atoms with Gasteiger partial charge in [-0.1, -0.05) is 60.4 Å². The lowest BCUT2D eigenvalue weighted by atomic mass is 10.1. The molecule has 6 nitrogen and oxygen atoms in total. The molecule has 1 saturated heterocycles. The molecule has 0 bridgehead atoms. The lowest BCUT2D eigenvalue weighted by molar-refractivity contribution is -0.118. The number of amides is 2. The fourth-order valence-electron chi connectivity index (χ4n) is 3.62. The number of para-hydroxylation sites is 2. The number of hydrogen-bond donors (Lipinski definition) is 1. The molecular formula is C27H24N2O4S2. The van der Waals surface area contributed by atoms with E-state index in [0.717, 1.165) is 16.8 Å². The van der Waals surface area contributed by atoms with Gasteiger partial charge in [0.25, 0.3) is 11.8 Å². The molecule has 0 aromatic heterocycles. The first kappa shape index (κ1) is 24.5. The van der Waals surface area contributed by atoms with Crippen molar-refractivity contribution in [1.82, 2.24) is 0 Å². The van der Waals surface area contributed by atoms with Crippen LogP contribution >= 0.6 is 24.0 Å². The molecule has 35 heavy (non-hydrogen) atoms. The molecule has 3 aromatic rings. The molecule has 0 atom stereocenters. The number of carbonyl (C=O) groups excluding carboxylic acids is 2. The molecule has 1 N–H and O–H groups in total. The fourth-order valence-corrected chi connectivity index (χ4v) is 4.91. The van der Waals surface area contributed by atoms with Gasteiger partial charge in [0.15, 0.2) is 10.9 Å². The summed E-state index contributed by atoms with van der Waals surface area (Å²) in [4.78, 5) is 27.6. The highest BCUT2D eigenvalue weighted by Gasteiger charge is 2.33. The second kappa shape index (κ2) is 10.8. The summed E-state index contributed by atoms with van der Waals surface area (Å²) in [6.45, 7) is 3.73. The van der Waals surface area contributed by atoms with E-state index >= 15 is 0 Å². The minimum Gasteiger partial charge on any atom is -0.497 e. The van der Waals surface area contributed by atoms with E-state index in [1.54, 1.807) is 43.5 Å². The lowest BCUT2D eigenvalue weighted by Gasteiger charge is -2.15. The number of carbonyl (C=O) groups is 2. The first-order valence-electron chi connectivity index (χ1n) is 10.9. The molecule has 0 radical (unpaired) electrons. The maximum absolute atomic E-state index is 13.1. The molecule has 0 unspecified atom stereocenters. The van der Waals surface area contributed by atoms with E-state index in [0.29, 0.717) is 32.0 Å². The van der Waals surface area contributed by atoms with Crippen LogP contribution in [-0.4, -0.2) is 29.9 Å². The average Bonchev–Trinajstić information content (AvgIpc) is 3.13. The first-order chi connectivity index (χ1) is 16.9. The van der Waals surface area contributed by atoms with Crippen LogP contribution in [0.15, 0.2) is 71.6 Å². The third-order valence-electron chi connectivity index (χ3n) is 5.43. The zero-order chi connectivity index (χ0) is 24.9. The van der Waals surface area contributed by atoms with Crippen LogP contribution in [-0.2, 0) is 9.59 Å². The first-order valence-corrected chi connectivity index (χ1v) is 12.1.